The van der Waals surface area contributed by atoms with Crippen LogP contribution in [0, 0.1) is 23.6 Å². The van der Waals surface area contributed by atoms with E-state index in [0.29, 0.717) is 12.0 Å². The largest absolute Gasteiger partial charge is 0.487 e. The first kappa shape index (κ1) is 27.7. The second kappa shape index (κ2) is 11.9. The fraction of sp³-hybridized carbons (Fsp3) is 0.444. The third kappa shape index (κ3) is 6.06. The van der Waals surface area contributed by atoms with Crippen LogP contribution in [0.3, 0.4) is 0 Å². The zero-order chi connectivity index (χ0) is 26.5. The van der Waals surface area contributed by atoms with E-state index >= 15 is 0 Å². The molecule has 1 aliphatic rings. The van der Waals surface area contributed by atoms with Gasteiger partial charge < -0.3 is 14.7 Å². The lowest BCUT2D eigenvalue weighted by atomic mass is 10.0. The van der Waals surface area contributed by atoms with E-state index in [1.165, 1.54) is 33.5 Å². The van der Waals surface area contributed by atoms with Crippen molar-refractivity contribution in [3.8, 4) is 17.6 Å². The number of fused-ring (bicyclic) bond motifs is 1. The molecule has 9 heteroatoms. The molecule has 194 valence electrons. The zero-order valence-electron chi connectivity index (χ0n) is 21.1. The van der Waals surface area contributed by atoms with Gasteiger partial charge in [0, 0.05) is 37.5 Å². The molecule has 0 aliphatic carbocycles. The molecule has 1 N–H and O–H groups in total. The average molecular weight is 517 g/mol. The summed E-state index contributed by atoms with van der Waals surface area (Å²) in [7, 11) is -2.42. The van der Waals surface area contributed by atoms with Crippen molar-refractivity contribution in [2.75, 3.05) is 26.7 Å². The predicted octanol–water partition coefficient (Wildman–Crippen LogP) is 3.52. The van der Waals surface area contributed by atoms with Gasteiger partial charge in [-0.25, -0.2) is 12.8 Å². The van der Waals surface area contributed by atoms with Crippen molar-refractivity contribution in [2.45, 2.75) is 50.7 Å². The quantitative estimate of drug-likeness (QED) is 0.594. The van der Waals surface area contributed by atoms with Crippen LogP contribution >= 0.6 is 0 Å². The van der Waals surface area contributed by atoms with E-state index in [0.717, 1.165) is 6.42 Å². The molecule has 1 aliphatic heterocycles. The maximum atomic E-state index is 14.2. The molecule has 1 amide bonds. The summed E-state index contributed by atoms with van der Waals surface area (Å²) in [5.74, 6) is 4.74. The maximum absolute atomic E-state index is 14.2. The van der Waals surface area contributed by atoms with Gasteiger partial charge >= 0.3 is 0 Å². The van der Waals surface area contributed by atoms with Crippen LogP contribution in [0.5, 0.6) is 5.75 Å². The summed E-state index contributed by atoms with van der Waals surface area (Å²) in [6.07, 6.45) is 1.01. The van der Waals surface area contributed by atoms with Crippen LogP contribution in [0.1, 0.15) is 49.5 Å². The molecule has 3 rings (SSSR count). The number of halogens is 1. The van der Waals surface area contributed by atoms with Crippen molar-refractivity contribution < 1.29 is 27.4 Å². The summed E-state index contributed by atoms with van der Waals surface area (Å²) < 4.78 is 48.8. The van der Waals surface area contributed by atoms with Gasteiger partial charge in [-0.2, -0.15) is 4.31 Å². The second-order valence-corrected chi connectivity index (χ2v) is 11.0. The second-order valence-electron chi connectivity index (χ2n) is 9.12. The van der Waals surface area contributed by atoms with Crippen LogP contribution in [0.4, 0.5) is 4.39 Å². The van der Waals surface area contributed by atoms with Crippen LogP contribution in [-0.4, -0.2) is 67.5 Å². The van der Waals surface area contributed by atoms with E-state index in [4.69, 9.17) is 4.74 Å². The standard InChI is InChI=1S/C27H33FN2O5S/c1-5-6-7-10-21-13-14-26-24(15-21)35-25(19(2)16-30(20(3)18-31)36(26,33)34)17-29(4)27(32)22-11-8-9-12-23(22)28/h8-9,11-15,19-20,25,31H,5-6,16-18H2,1-4H3/t19-,20+,25+/m1/s1. The van der Waals surface area contributed by atoms with Crippen molar-refractivity contribution in [1.29, 1.82) is 0 Å². The van der Waals surface area contributed by atoms with Crippen LogP contribution in [0.25, 0.3) is 0 Å². The van der Waals surface area contributed by atoms with Gasteiger partial charge in [0.1, 0.15) is 22.6 Å². The number of nitrogens with zero attached hydrogens (tertiary/aromatic N) is 2. The number of benzene rings is 2. The van der Waals surface area contributed by atoms with E-state index in [1.54, 1.807) is 32.2 Å². The summed E-state index contributed by atoms with van der Waals surface area (Å²) in [6, 6.07) is 9.80. The predicted molar refractivity (Wildman–Crippen MR) is 136 cm³/mol. The average Bonchev–Trinajstić information content (AvgIpc) is 2.85. The number of hydrogen-bond donors (Lipinski definition) is 1. The number of sulfonamides is 1. The molecule has 1 heterocycles. The lowest BCUT2D eigenvalue weighted by Crippen LogP contribution is -2.50. The van der Waals surface area contributed by atoms with Crippen molar-refractivity contribution >= 4 is 15.9 Å². The molecular weight excluding hydrogens is 483 g/mol. The highest BCUT2D eigenvalue weighted by atomic mass is 32.2. The fourth-order valence-electron chi connectivity index (χ4n) is 4.00. The monoisotopic (exact) mass is 516 g/mol. The van der Waals surface area contributed by atoms with Gasteiger partial charge in [-0.1, -0.05) is 37.8 Å². The smallest absolute Gasteiger partial charge is 0.256 e. The molecule has 2 aromatic rings. The molecule has 0 aromatic heterocycles. The minimum atomic E-state index is -3.98. The number of aliphatic hydroxyl groups excluding tert-OH is 1. The molecule has 0 bridgehead atoms. The first-order valence-corrected chi connectivity index (χ1v) is 13.5. The lowest BCUT2D eigenvalue weighted by molar-refractivity contribution is 0.0560. The molecule has 0 saturated carbocycles. The Morgan fingerprint density at radius 3 is 2.69 bits per heavy atom. The number of hydrogen-bond acceptors (Lipinski definition) is 5. The Balaban J connectivity index is 2.01. The van der Waals surface area contributed by atoms with Gasteiger partial charge in [-0.3, -0.25) is 4.79 Å². The Morgan fingerprint density at radius 1 is 1.31 bits per heavy atom. The van der Waals surface area contributed by atoms with Crippen LogP contribution in [0.2, 0.25) is 0 Å². The first-order chi connectivity index (χ1) is 17.1. The molecule has 2 aromatic carbocycles. The number of amides is 1. The molecule has 0 radical (unpaired) electrons. The third-order valence-electron chi connectivity index (χ3n) is 6.18. The number of ether oxygens (including phenoxy) is 1. The summed E-state index contributed by atoms with van der Waals surface area (Å²) in [5.41, 5.74) is 0.562. The lowest BCUT2D eigenvalue weighted by Gasteiger charge is -2.37. The van der Waals surface area contributed by atoms with Crippen LogP contribution in [-0.2, 0) is 10.0 Å². The minimum absolute atomic E-state index is 0.0242. The summed E-state index contributed by atoms with van der Waals surface area (Å²) >= 11 is 0. The van der Waals surface area contributed by atoms with E-state index in [2.05, 4.69) is 11.8 Å². The normalized spacial score (nSPS) is 20.1. The van der Waals surface area contributed by atoms with Crippen molar-refractivity contribution in [3.05, 3.63) is 59.4 Å². The highest BCUT2D eigenvalue weighted by Crippen LogP contribution is 2.34. The highest BCUT2D eigenvalue weighted by Gasteiger charge is 2.38. The summed E-state index contributed by atoms with van der Waals surface area (Å²) in [4.78, 5) is 14.3. The van der Waals surface area contributed by atoms with Crippen LogP contribution < -0.4 is 4.74 Å². The SMILES string of the molecule is CCCC#Cc1ccc2c(c1)O[C@@H](CN(C)C(=O)c1ccccc1F)[C@H](C)CN([C@@H](C)CO)S2(=O)=O. The Bertz CT molecular complexity index is 1250. The van der Waals surface area contributed by atoms with Gasteiger partial charge in [0.2, 0.25) is 10.0 Å². The molecule has 0 unspecified atom stereocenters. The Hall–Kier alpha value is -2.93. The summed E-state index contributed by atoms with van der Waals surface area (Å²) in [6.45, 7) is 5.31. The Kier molecular flexibility index (Phi) is 9.12. The number of carbonyl (C=O) groups excluding carboxylic acids is 1. The van der Waals surface area contributed by atoms with Gasteiger partial charge in [-0.05, 0) is 43.7 Å². The van der Waals surface area contributed by atoms with Gasteiger partial charge in [0.05, 0.1) is 18.7 Å². The Labute approximate surface area is 212 Å². The molecule has 7 nitrogen and oxygen atoms in total. The number of aliphatic hydroxyl groups is 1. The topological polar surface area (TPSA) is 87.2 Å². The molecule has 36 heavy (non-hydrogen) atoms. The molecule has 0 fully saturated rings. The molecule has 0 spiro atoms. The minimum Gasteiger partial charge on any atom is -0.487 e. The highest BCUT2D eigenvalue weighted by molar-refractivity contribution is 7.89. The molecule has 3 atom stereocenters. The van der Waals surface area contributed by atoms with E-state index in [1.807, 2.05) is 13.8 Å². The van der Waals surface area contributed by atoms with Crippen molar-refractivity contribution in [3.63, 3.8) is 0 Å². The van der Waals surface area contributed by atoms with Gasteiger partial charge in [-0.15, -0.1) is 0 Å². The fourth-order valence-corrected chi connectivity index (χ4v) is 5.83. The van der Waals surface area contributed by atoms with E-state index in [-0.39, 0.29) is 41.8 Å². The number of unbranched alkanes of at least 4 members (excludes halogenated alkanes) is 1. The third-order valence-corrected chi connectivity index (χ3v) is 8.20. The van der Waals surface area contributed by atoms with Gasteiger partial charge in [0.25, 0.3) is 5.91 Å². The zero-order valence-corrected chi connectivity index (χ0v) is 21.9. The number of rotatable bonds is 6. The number of likely N-dealkylation sites (N-methyl/N-ethyl adjacent to an activating group) is 1. The molecular formula is C27H33FN2O5S. The first-order valence-electron chi connectivity index (χ1n) is 12.0. The van der Waals surface area contributed by atoms with E-state index in [9.17, 15) is 22.7 Å². The van der Waals surface area contributed by atoms with E-state index < -0.39 is 33.9 Å². The number of carbonyl (C=O) groups is 1. The molecule has 0 saturated heterocycles. The summed E-state index contributed by atoms with van der Waals surface area (Å²) in [5, 5.41) is 9.77. The van der Waals surface area contributed by atoms with Crippen LogP contribution in [0.15, 0.2) is 47.4 Å². The Morgan fingerprint density at radius 2 is 2.03 bits per heavy atom. The van der Waals surface area contributed by atoms with Crippen molar-refractivity contribution in [2.24, 2.45) is 5.92 Å². The van der Waals surface area contributed by atoms with Crippen molar-refractivity contribution in [1.82, 2.24) is 9.21 Å². The maximum Gasteiger partial charge on any atom is 0.256 e. The van der Waals surface area contributed by atoms with Gasteiger partial charge in [0.15, 0.2) is 0 Å².